The third-order valence-electron chi connectivity index (χ3n) is 6.92. The van der Waals surface area contributed by atoms with Crippen molar-refractivity contribution >= 4 is 69.6 Å². The number of carbonyl (C=O) groups is 3. The maximum atomic E-state index is 15.1. The fourth-order valence-electron chi connectivity index (χ4n) is 4.49. The van der Waals surface area contributed by atoms with Crippen LogP contribution in [0.2, 0.25) is 5.02 Å². The van der Waals surface area contributed by atoms with Crippen LogP contribution in [-0.4, -0.2) is 40.9 Å². The number of nitrogens with one attached hydrogen (secondary N) is 3. The lowest BCUT2D eigenvalue weighted by molar-refractivity contribution is -0.184. The van der Waals surface area contributed by atoms with E-state index in [1.807, 2.05) is 0 Å². The SMILES string of the molecule is CC(OCC(F)(F)F)C(=O)Nc1c(F)ccc(NC(=O)c2cc(NC(=O)[C@H]3[C@H](c4ccc(F)c(C(F)(F)F)c4)C3(Cl)Cl)ccc2Cl)c1F. The van der Waals surface area contributed by atoms with E-state index in [4.69, 9.17) is 34.8 Å². The first-order valence-electron chi connectivity index (χ1n) is 13.2. The zero-order chi connectivity index (χ0) is 35.9. The first-order chi connectivity index (χ1) is 22.1. The lowest BCUT2D eigenvalue weighted by atomic mass is 10.0. The maximum Gasteiger partial charge on any atom is 0.419 e. The van der Waals surface area contributed by atoms with E-state index >= 15 is 4.39 Å². The fourth-order valence-corrected chi connectivity index (χ4v) is 5.52. The number of hydrogen-bond acceptors (Lipinski definition) is 4. The molecule has 0 saturated heterocycles. The summed E-state index contributed by atoms with van der Waals surface area (Å²) < 4.78 is 122. The molecule has 7 nitrogen and oxygen atoms in total. The Kier molecular flexibility index (Phi) is 10.5. The molecule has 19 heteroatoms. The number of ether oxygens (including phenoxy) is 1. The summed E-state index contributed by atoms with van der Waals surface area (Å²) in [6.45, 7) is -0.897. The van der Waals surface area contributed by atoms with Crippen molar-refractivity contribution in [2.45, 2.75) is 35.6 Å². The van der Waals surface area contributed by atoms with E-state index in [9.17, 15) is 49.5 Å². The Morgan fingerprint density at radius 3 is 2.17 bits per heavy atom. The predicted molar refractivity (Wildman–Crippen MR) is 157 cm³/mol. The van der Waals surface area contributed by atoms with Crippen molar-refractivity contribution in [2.75, 3.05) is 22.6 Å². The predicted octanol–water partition coefficient (Wildman–Crippen LogP) is 8.46. The summed E-state index contributed by atoms with van der Waals surface area (Å²) in [5, 5.41) is 6.01. The second kappa shape index (κ2) is 13.6. The molecule has 258 valence electrons. The smallest absolute Gasteiger partial charge is 0.359 e. The molecule has 0 bridgehead atoms. The van der Waals surface area contributed by atoms with Gasteiger partial charge >= 0.3 is 12.4 Å². The number of halogens is 12. The van der Waals surface area contributed by atoms with E-state index in [2.05, 4.69) is 15.4 Å². The molecule has 48 heavy (non-hydrogen) atoms. The van der Waals surface area contributed by atoms with E-state index in [0.29, 0.717) is 18.2 Å². The van der Waals surface area contributed by atoms with Crippen LogP contribution in [0.1, 0.15) is 34.3 Å². The summed E-state index contributed by atoms with van der Waals surface area (Å²) in [6.07, 6.45) is -11.6. The van der Waals surface area contributed by atoms with Gasteiger partial charge < -0.3 is 20.7 Å². The first-order valence-corrected chi connectivity index (χ1v) is 14.4. The Labute approximate surface area is 279 Å². The molecular formula is C29H19Cl3F9N3O4. The highest BCUT2D eigenvalue weighted by Gasteiger charge is 2.67. The van der Waals surface area contributed by atoms with Gasteiger partial charge in [0.2, 0.25) is 5.91 Å². The van der Waals surface area contributed by atoms with E-state index in [1.165, 1.54) is 6.07 Å². The average molecular weight is 751 g/mol. The van der Waals surface area contributed by atoms with Crippen LogP contribution in [0.4, 0.5) is 56.6 Å². The molecule has 3 amide bonds. The number of rotatable bonds is 9. The van der Waals surface area contributed by atoms with Crippen LogP contribution in [0.15, 0.2) is 48.5 Å². The van der Waals surface area contributed by atoms with Crippen molar-refractivity contribution < 1.29 is 58.6 Å². The van der Waals surface area contributed by atoms with E-state index in [-0.39, 0.29) is 21.8 Å². The minimum Gasteiger partial charge on any atom is -0.359 e. The molecule has 0 aliphatic heterocycles. The lowest BCUT2D eigenvalue weighted by Gasteiger charge is -2.16. The minimum atomic E-state index is -5.03. The second-order valence-corrected chi connectivity index (χ2v) is 12.2. The Bertz CT molecular complexity index is 1770. The first kappa shape index (κ1) is 37.1. The third kappa shape index (κ3) is 8.28. The van der Waals surface area contributed by atoms with Gasteiger partial charge in [-0.15, -0.1) is 23.2 Å². The molecule has 1 unspecified atom stereocenters. The van der Waals surface area contributed by atoms with Crippen LogP contribution >= 0.6 is 34.8 Å². The monoisotopic (exact) mass is 749 g/mol. The Morgan fingerprint density at radius 2 is 1.54 bits per heavy atom. The maximum absolute atomic E-state index is 15.1. The average Bonchev–Trinajstić information content (AvgIpc) is 3.57. The number of anilines is 3. The van der Waals surface area contributed by atoms with Crippen molar-refractivity contribution in [2.24, 2.45) is 5.92 Å². The van der Waals surface area contributed by atoms with Crippen LogP contribution in [0.25, 0.3) is 0 Å². The lowest BCUT2D eigenvalue weighted by Crippen LogP contribution is -2.32. The summed E-state index contributed by atoms with van der Waals surface area (Å²) in [7, 11) is 0. The van der Waals surface area contributed by atoms with Gasteiger partial charge in [-0.05, 0) is 55.0 Å². The van der Waals surface area contributed by atoms with Crippen LogP contribution in [0.3, 0.4) is 0 Å². The molecule has 1 aliphatic rings. The van der Waals surface area contributed by atoms with Gasteiger partial charge in [0.15, 0.2) is 5.82 Å². The summed E-state index contributed by atoms with van der Waals surface area (Å²) in [5.41, 5.74) is -4.02. The van der Waals surface area contributed by atoms with E-state index in [1.54, 1.807) is 5.32 Å². The molecule has 0 aromatic heterocycles. The second-order valence-electron chi connectivity index (χ2n) is 10.3. The van der Waals surface area contributed by atoms with Crippen molar-refractivity contribution in [1.29, 1.82) is 0 Å². The van der Waals surface area contributed by atoms with Crippen molar-refractivity contribution in [3.8, 4) is 0 Å². The molecule has 1 aliphatic carbocycles. The molecule has 0 heterocycles. The summed E-state index contributed by atoms with van der Waals surface area (Å²) in [6, 6.07) is 6.88. The van der Waals surface area contributed by atoms with E-state index in [0.717, 1.165) is 31.2 Å². The van der Waals surface area contributed by atoms with Gasteiger partial charge in [0, 0.05) is 11.6 Å². The standard InChI is InChI=1S/C29H19Cl3F9N3O4/c1-11(48-10-27(36,37)38)24(45)44-23-18(34)6-7-19(22(23)35)43-25(46)14-9-13(3-4-16(14)30)42-26(47)21-20(28(21,31)32)12-2-5-17(33)15(8-12)29(39,40)41/h2-9,11,20-21H,10H2,1H3,(H,42,47)(H,43,46)(H,44,45)/t11?,20-,21+/m0/s1. The molecular weight excluding hydrogens is 732 g/mol. The van der Waals surface area contributed by atoms with Crippen molar-refractivity contribution in [3.05, 3.63) is 87.7 Å². The molecule has 1 fully saturated rings. The zero-order valence-electron chi connectivity index (χ0n) is 23.7. The van der Waals surface area contributed by atoms with E-state index < -0.39 is 93.3 Å². The quantitative estimate of drug-likeness (QED) is 0.151. The fraction of sp³-hybridized carbons (Fsp3) is 0.276. The van der Waals surface area contributed by atoms with Crippen LogP contribution in [0.5, 0.6) is 0 Å². The Morgan fingerprint density at radius 1 is 0.896 bits per heavy atom. The van der Waals surface area contributed by atoms with Crippen LogP contribution in [0, 0.1) is 23.4 Å². The van der Waals surface area contributed by atoms with Crippen LogP contribution in [-0.2, 0) is 20.5 Å². The molecule has 3 N–H and O–H groups in total. The number of amides is 3. The Hall–Kier alpha value is -3.73. The highest BCUT2D eigenvalue weighted by atomic mass is 35.5. The van der Waals surface area contributed by atoms with Gasteiger partial charge in [-0.3, -0.25) is 14.4 Å². The molecule has 0 spiro atoms. The van der Waals surface area contributed by atoms with Gasteiger partial charge in [-0.2, -0.15) is 26.3 Å². The molecule has 1 saturated carbocycles. The van der Waals surface area contributed by atoms with Crippen molar-refractivity contribution in [3.63, 3.8) is 0 Å². The zero-order valence-corrected chi connectivity index (χ0v) is 26.0. The van der Waals surface area contributed by atoms with Gasteiger partial charge in [0.1, 0.15) is 34.4 Å². The summed E-state index contributed by atoms with van der Waals surface area (Å²) >= 11 is 18.5. The van der Waals surface area contributed by atoms with Gasteiger partial charge in [-0.1, -0.05) is 17.7 Å². The van der Waals surface area contributed by atoms with Crippen molar-refractivity contribution in [1.82, 2.24) is 0 Å². The molecule has 3 atom stereocenters. The molecule has 0 radical (unpaired) electrons. The summed E-state index contributed by atoms with van der Waals surface area (Å²) in [5.74, 6) is -10.2. The number of hydrogen-bond donors (Lipinski definition) is 3. The van der Waals surface area contributed by atoms with Crippen LogP contribution < -0.4 is 16.0 Å². The number of benzene rings is 3. The topological polar surface area (TPSA) is 96.5 Å². The number of carbonyl (C=O) groups excluding carboxylic acids is 3. The highest BCUT2D eigenvalue weighted by molar-refractivity contribution is 6.53. The minimum absolute atomic E-state index is 0.0974. The largest absolute Gasteiger partial charge is 0.419 e. The highest BCUT2D eigenvalue weighted by Crippen LogP contribution is 2.65. The molecule has 3 aromatic carbocycles. The third-order valence-corrected chi connectivity index (χ3v) is 8.19. The molecule has 4 rings (SSSR count). The molecule has 3 aromatic rings. The normalized spacial score (nSPS) is 17.8. The van der Waals surface area contributed by atoms with Gasteiger partial charge in [0.25, 0.3) is 11.8 Å². The Balaban J connectivity index is 1.49. The summed E-state index contributed by atoms with van der Waals surface area (Å²) in [4.78, 5) is 38.2. The van der Waals surface area contributed by atoms with Gasteiger partial charge in [0.05, 0.1) is 27.8 Å². The van der Waals surface area contributed by atoms with Gasteiger partial charge in [-0.25, -0.2) is 13.2 Å². The number of alkyl halides is 8.